The first-order valence-corrected chi connectivity index (χ1v) is 15.4. The lowest BCUT2D eigenvalue weighted by atomic mass is 9.91. The monoisotopic (exact) mass is 582 g/mol. The third-order valence-corrected chi connectivity index (χ3v) is 8.59. The number of hydrogen-bond donors (Lipinski definition) is 3. The molecule has 1 aliphatic heterocycles. The zero-order valence-corrected chi connectivity index (χ0v) is 24.8. The molecule has 1 aliphatic rings. The number of carbonyl (C=O) groups excluding carboxylic acids is 1. The van der Waals surface area contributed by atoms with E-state index in [-0.39, 0.29) is 30.8 Å². The molecule has 4 atom stereocenters. The van der Waals surface area contributed by atoms with Crippen molar-refractivity contribution in [3.05, 3.63) is 125 Å². The van der Waals surface area contributed by atoms with Gasteiger partial charge in [0, 0.05) is 35.2 Å². The summed E-state index contributed by atoms with van der Waals surface area (Å²) in [7, 11) is 0. The molecule has 4 aromatic rings. The molecule has 2 amide bonds. The summed E-state index contributed by atoms with van der Waals surface area (Å²) in [6.07, 6.45) is -0.735. The molecule has 6 nitrogen and oxygen atoms in total. The highest BCUT2D eigenvalue weighted by atomic mass is 32.2. The van der Waals surface area contributed by atoms with Crippen LogP contribution in [0.25, 0.3) is 11.1 Å². The highest BCUT2D eigenvalue weighted by Crippen LogP contribution is 2.43. The van der Waals surface area contributed by atoms with Gasteiger partial charge in [-0.1, -0.05) is 85.8 Å². The molecule has 218 valence electrons. The summed E-state index contributed by atoms with van der Waals surface area (Å²) in [6, 6.07) is 34.7. The van der Waals surface area contributed by atoms with E-state index in [0.717, 1.165) is 39.1 Å². The summed E-state index contributed by atoms with van der Waals surface area (Å²) < 4.78 is 13.3. The van der Waals surface area contributed by atoms with E-state index in [1.807, 2.05) is 55.5 Å². The third kappa shape index (κ3) is 7.61. The first-order valence-electron chi connectivity index (χ1n) is 14.4. The zero-order chi connectivity index (χ0) is 29.3. The molecule has 0 aliphatic carbocycles. The standard InChI is InChI=1S/C35H38N2O4S/c1-3-36-35(39)37-21-26-9-7-10-28(19-26)29-11-8-12-30(20-29)34-40-32(23-42-31-13-5-4-6-14-31)24(2)33(41-34)27-17-15-25(22-38)16-18-27/h4-20,24,32-34,38H,3,21-23H2,1-2H3,(H2,36,37,39). The number of benzene rings is 4. The Morgan fingerprint density at radius 2 is 1.55 bits per heavy atom. The topological polar surface area (TPSA) is 79.8 Å². The third-order valence-electron chi connectivity index (χ3n) is 7.49. The molecule has 4 aromatic carbocycles. The van der Waals surface area contributed by atoms with Crippen molar-refractivity contribution in [1.29, 1.82) is 0 Å². The van der Waals surface area contributed by atoms with E-state index in [1.54, 1.807) is 11.8 Å². The highest BCUT2D eigenvalue weighted by molar-refractivity contribution is 7.99. The van der Waals surface area contributed by atoms with Crippen molar-refractivity contribution in [2.24, 2.45) is 5.92 Å². The first kappa shape index (κ1) is 29.9. The van der Waals surface area contributed by atoms with E-state index in [4.69, 9.17) is 9.47 Å². The van der Waals surface area contributed by atoms with E-state index >= 15 is 0 Å². The van der Waals surface area contributed by atoms with Crippen LogP contribution in [0.15, 0.2) is 108 Å². The molecule has 0 aromatic heterocycles. The minimum Gasteiger partial charge on any atom is -0.392 e. The van der Waals surface area contributed by atoms with Gasteiger partial charge in [-0.25, -0.2) is 4.79 Å². The Labute approximate surface area is 252 Å². The maximum absolute atomic E-state index is 11.9. The molecule has 7 heteroatoms. The zero-order valence-electron chi connectivity index (χ0n) is 24.0. The van der Waals surface area contributed by atoms with Gasteiger partial charge in [0.05, 0.1) is 18.8 Å². The summed E-state index contributed by atoms with van der Waals surface area (Å²) in [4.78, 5) is 13.1. The van der Waals surface area contributed by atoms with E-state index < -0.39 is 6.29 Å². The molecule has 42 heavy (non-hydrogen) atoms. The summed E-state index contributed by atoms with van der Waals surface area (Å²) in [6.45, 7) is 5.13. The van der Waals surface area contributed by atoms with Crippen LogP contribution in [0.2, 0.25) is 0 Å². The van der Waals surface area contributed by atoms with Gasteiger partial charge in [-0.15, -0.1) is 11.8 Å². The molecule has 0 saturated carbocycles. The molecule has 1 heterocycles. The summed E-state index contributed by atoms with van der Waals surface area (Å²) in [5.74, 6) is 0.922. The summed E-state index contributed by atoms with van der Waals surface area (Å²) in [5.41, 5.74) is 6.04. The lowest BCUT2D eigenvalue weighted by Gasteiger charge is -2.41. The number of nitrogens with one attached hydrogen (secondary N) is 2. The van der Waals surface area contributed by atoms with Crippen molar-refractivity contribution < 1.29 is 19.4 Å². The van der Waals surface area contributed by atoms with Crippen LogP contribution in [-0.2, 0) is 22.6 Å². The van der Waals surface area contributed by atoms with Crippen LogP contribution in [0.3, 0.4) is 0 Å². The van der Waals surface area contributed by atoms with Crippen molar-refractivity contribution in [3.8, 4) is 11.1 Å². The van der Waals surface area contributed by atoms with Crippen LogP contribution < -0.4 is 10.6 Å². The largest absolute Gasteiger partial charge is 0.392 e. The van der Waals surface area contributed by atoms with Gasteiger partial charge in [-0.3, -0.25) is 0 Å². The molecular formula is C35H38N2O4S. The van der Waals surface area contributed by atoms with Crippen molar-refractivity contribution in [2.45, 2.75) is 50.4 Å². The molecule has 1 saturated heterocycles. The number of aliphatic hydroxyl groups is 1. The highest BCUT2D eigenvalue weighted by Gasteiger charge is 2.38. The molecular weight excluding hydrogens is 544 g/mol. The Bertz CT molecular complexity index is 1450. The normalized spacial score (nSPS) is 20.2. The van der Waals surface area contributed by atoms with Crippen molar-refractivity contribution in [1.82, 2.24) is 10.6 Å². The smallest absolute Gasteiger partial charge is 0.315 e. The van der Waals surface area contributed by atoms with Gasteiger partial charge in [0.15, 0.2) is 6.29 Å². The van der Waals surface area contributed by atoms with E-state index in [0.29, 0.717) is 13.1 Å². The number of aliphatic hydroxyl groups excluding tert-OH is 1. The van der Waals surface area contributed by atoms with Crippen LogP contribution >= 0.6 is 11.8 Å². The van der Waals surface area contributed by atoms with Crippen LogP contribution in [0, 0.1) is 5.92 Å². The van der Waals surface area contributed by atoms with Gasteiger partial charge >= 0.3 is 6.03 Å². The number of rotatable bonds is 10. The Hall–Kier alpha value is -3.62. The molecule has 0 spiro atoms. The fraction of sp³-hybridized carbons (Fsp3) is 0.286. The average Bonchev–Trinajstić information content (AvgIpc) is 3.04. The maximum atomic E-state index is 11.9. The fourth-order valence-corrected chi connectivity index (χ4v) is 6.22. The number of thioether (sulfide) groups is 1. The second-order valence-corrected chi connectivity index (χ2v) is 11.6. The second-order valence-electron chi connectivity index (χ2n) is 10.5. The van der Waals surface area contributed by atoms with Gasteiger partial charge in [-0.05, 0) is 59.0 Å². The molecule has 3 N–H and O–H groups in total. The average molecular weight is 583 g/mol. The SMILES string of the molecule is CCNC(=O)NCc1cccc(-c2cccc(C3OC(CSc4ccccc4)C(C)C(c4ccc(CO)cc4)O3)c2)c1. The maximum Gasteiger partial charge on any atom is 0.315 e. The number of amides is 2. The van der Waals surface area contributed by atoms with Gasteiger partial charge < -0.3 is 25.2 Å². The number of ether oxygens (including phenoxy) is 2. The van der Waals surface area contributed by atoms with Gasteiger partial charge in [0.2, 0.25) is 0 Å². The molecule has 5 rings (SSSR count). The van der Waals surface area contributed by atoms with Gasteiger partial charge in [0.1, 0.15) is 0 Å². The lowest BCUT2D eigenvalue weighted by molar-refractivity contribution is -0.268. The number of carbonyl (C=O) groups is 1. The van der Waals surface area contributed by atoms with Crippen molar-refractivity contribution >= 4 is 17.8 Å². The minimum atomic E-state index is -0.535. The minimum absolute atomic E-state index is 0.0133. The van der Waals surface area contributed by atoms with E-state index in [9.17, 15) is 9.90 Å². The van der Waals surface area contributed by atoms with Crippen LogP contribution in [0.4, 0.5) is 4.79 Å². The Kier molecular flexibility index (Phi) is 10.3. The summed E-state index contributed by atoms with van der Waals surface area (Å²) in [5, 5.41) is 15.2. The molecule has 0 radical (unpaired) electrons. The van der Waals surface area contributed by atoms with Crippen LogP contribution in [0.1, 0.15) is 48.5 Å². The predicted octanol–water partition coefficient (Wildman–Crippen LogP) is 7.25. The number of hydrogen-bond acceptors (Lipinski definition) is 5. The summed E-state index contributed by atoms with van der Waals surface area (Å²) >= 11 is 1.79. The molecule has 1 fully saturated rings. The molecule has 4 unspecified atom stereocenters. The Balaban J connectivity index is 1.38. The Morgan fingerprint density at radius 3 is 2.29 bits per heavy atom. The van der Waals surface area contributed by atoms with Crippen molar-refractivity contribution in [3.63, 3.8) is 0 Å². The fourth-order valence-electron chi connectivity index (χ4n) is 5.14. The first-order chi connectivity index (χ1) is 20.5. The predicted molar refractivity (Wildman–Crippen MR) is 168 cm³/mol. The lowest BCUT2D eigenvalue weighted by Crippen LogP contribution is -2.38. The quantitative estimate of drug-likeness (QED) is 0.172. The van der Waals surface area contributed by atoms with Gasteiger partial charge in [-0.2, -0.15) is 0 Å². The van der Waals surface area contributed by atoms with Crippen molar-refractivity contribution in [2.75, 3.05) is 12.3 Å². The molecule has 0 bridgehead atoms. The Morgan fingerprint density at radius 1 is 0.810 bits per heavy atom. The van der Waals surface area contributed by atoms with Crippen LogP contribution in [-0.4, -0.2) is 29.5 Å². The van der Waals surface area contributed by atoms with E-state index in [1.165, 1.54) is 4.90 Å². The van der Waals surface area contributed by atoms with Gasteiger partial charge in [0.25, 0.3) is 0 Å². The second kappa shape index (κ2) is 14.5. The van der Waals surface area contributed by atoms with E-state index in [2.05, 4.69) is 72.2 Å². The number of urea groups is 1. The van der Waals surface area contributed by atoms with Crippen LogP contribution in [0.5, 0.6) is 0 Å².